The van der Waals surface area contributed by atoms with Gasteiger partial charge in [0.2, 0.25) is 0 Å². The molecule has 1 aliphatic heterocycles. The van der Waals surface area contributed by atoms with Gasteiger partial charge in [0.25, 0.3) is 11.8 Å². The van der Waals surface area contributed by atoms with Gasteiger partial charge in [0.1, 0.15) is 12.2 Å². The van der Waals surface area contributed by atoms with E-state index in [2.05, 4.69) is 21.2 Å². The smallest absolute Gasteiger partial charge is 0.270 e. The summed E-state index contributed by atoms with van der Waals surface area (Å²) in [6.07, 6.45) is 1.53. The van der Waals surface area contributed by atoms with Crippen LogP contribution in [0.1, 0.15) is 23.6 Å². The highest BCUT2D eigenvalue weighted by atomic mass is 79.9. The molecular formula is C27H23BrN2O4S. The highest BCUT2D eigenvalue weighted by Crippen LogP contribution is 2.32. The highest BCUT2D eigenvalue weighted by Gasteiger charge is 2.35. The number of carbonyl (C=O) groups is 2. The first-order valence-corrected chi connectivity index (χ1v) is 12.2. The number of rotatable bonds is 7. The fourth-order valence-corrected chi connectivity index (χ4v) is 4.40. The van der Waals surface area contributed by atoms with Crippen LogP contribution in [0.2, 0.25) is 0 Å². The molecule has 0 aliphatic carbocycles. The van der Waals surface area contributed by atoms with E-state index in [0.717, 1.165) is 15.6 Å². The lowest BCUT2D eigenvalue weighted by molar-refractivity contribution is -0.122. The number of nitrogens with zero attached hydrogens (tertiary/aromatic N) is 1. The molecule has 1 fully saturated rings. The Hall–Kier alpha value is -3.49. The van der Waals surface area contributed by atoms with Crippen LogP contribution in [0.15, 0.2) is 76.8 Å². The van der Waals surface area contributed by atoms with E-state index in [1.165, 1.54) is 11.0 Å². The Morgan fingerprint density at radius 1 is 1.00 bits per heavy atom. The average molecular weight is 551 g/mol. The quantitative estimate of drug-likeness (QED) is 0.237. The molecule has 178 valence electrons. The molecule has 1 heterocycles. The molecule has 1 N–H and O–H groups in total. The summed E-state index contributed by atoms with van der Waals surface area (Å²) in [6, 6.07) is 20.6. The van der Waals surface area contributed by atoms with Gasteiger partial charge in [-0.3, -0.25) is 19.8 Å². The number of halogens is 1. The van der Waals surface area contributed by atoms with Crippen LogP contribution in [0, 0.1) is 6.92 Å². The molecule has 1 saturated heterocycles. The van der Waals surface area contributed by atoms with Gasteiger partial charge in [-0.1, -0.05) is 52.3 Å². The van der Waals surface area contributed by atoms with Crippen molar-refractivity contribution in [2.24, 2.45) is 0 Å². The van der Waals surface area contributed by atoms with Crippen molar-refractivity contribution < 1.29 is 19.1 Å². The highest BCUT2D eigenvalue weighted by molar-refractivity contribution is 9.10. The normalized spacial score (nSPS) is 14.8. The Morgan fingerprint density at radius 3 is 2.49 bits per heavy atom. The molecule has 0 aromatic heterocycles. The van der Waals surface area contributed by atoms with Gasteiger partial charge in [0.15, 0.2) is 16.6 Å². The number of ether oxygens (including phenoxy) is 2. The summed E-state index contributed by atoms with van der Waals surface area (Å²) >= 11 is 8.74. The summed E-state index contributed by atoms with van der Waals surface area (Å²) in [5, 5.41) is 2.67. The monoisotopic (exact) mass is 550 g/mol. The average Bonchev–Trinajstić information content (AvgIpc) is 2.83. The molecule has 0 spiro atoms. The second-order valence-corrected chi connectivity index (χ2v) is 9.10. The predicted molar refractivity (Wildman–Crippen MR) is 143 cm³/mol. The first-order valence-electron chi connectivity index (χ1n) is 11.0. The largest absolute Gasteiger partial charge is 0.490 e. The molecule has 0 bridgehead atoms. The van der Waals surface area contributed by atoms with Crippen molar-refractivity contribution in [2.75, 3.05) is 11.5 Å². The van der Waals surface area contributed by atoms with Crippen molar-refractivity contribution in [2.45, 2.75) is 20.5 Å². The maximum Gasteiger partial charge on any atom is 0.270 e. The minimum Gasteiger partial charge on any atom is -0.490 e. The summed E-state index contributed by atoms with van der Waals surface area (Å²) in [6.45, 7) is 4.58. The zero-order chi connectivity index (χ0) is 24.9. The SMILES string of the molecule is CCOc1cc(/C=C2\C(=O)NC(=S)N(c3ccc(Br)cc3C)C2=O)ccc1OCc1ccccc1. The van der Waals surface area contributed by atoms with Crippen LogP contribution in [-0.2, 0) is 16.2 Å². The van der Waals surface area contributed by atoms with Gasteiger partial charge in [-0.25, -0.2) is 0 Å². The number of thiocarbonyl (C=S) groups is 1. The number of amides is 2. The Labute approximate surface area is 217 Å². The Morgan fingerprint density at radius 2 is 1.77 bits per heavy atom. The van der Waals surface area contributed by atoms with E-state index in [1.54, 1.807) is 24.3 Å². The van der Waals surface area contributed by atoms with Gasteiger partial charge in [-0.2, -0.15) is 0 Å². The van der Waals surface area contributed by atoms with Crippen LogP contribution >= 0.6 is 28.1 Å². The van der Waals surface area contributed by atoms with E-state index in [1.807, 2.05) is 56.3 Å². The van der Waals surface area contributed by atoms with Crippen molar-refractivity contribution in [1.82, 2.24) is 5.32 Å². The minimum atomic E-state index is -0.548. The molecule has 0 unspecified atom stereocenters. The summed E-state index contributed by atoms with van der Waals surface area (Å²) in [7, 11) is 0. The van der Waals surface area contributed by atoms with E-state index in [4.69, 9.17) is 21.7 Å². The van der Waals surface area contributed by atoms with Gasteiger partial charge in [0.05, 0.1) is 12.3 Å². The predicted octanol–water partition coefficient (Wildman–Crippen LogP) is 5.57. The molecule has 3 aromatic rings. The van der Waals surface area contributed by atoms with E-state index in [0.29, 0.717) is 36.0 Å². The third-order valence-electron chi connectivity index (χ3n) is 5.32. The van der Waals surface area contributed by atoms with Gasteiger partial charge in [-0.05, 0) is 79.2 Å². The molecular weight excluding hydrogens is 528 g/mol. The molecule has 2 amide bonds. The molecule has 0 radical (unpaired) electrons. The van der Waals surface area contributed by atoms with Crippen molar-refractivity contribution in [3.05, 3.63) is 93.5 Å². The summed E-state index contributed by atoms with van der Waals surface area (Å²) in [4.78, 5) is 27.4. The molecule has 3 aromatic carbocycles. The zero-order valence-corrected chi connectivity index (χ0v) is 21.6. The molecule has 35 heavy (non-hydrogen) atoms. The number of benzene rings is 3. The van der Waals surface area contributed by atoms with Crippen molar-refractivity contribution in [3.63, 3.8) is 0 Å². The number of hydrogen-bond donors (Lipinski definition) is 1. The maximum absolute atomic E-state index is 13.4. The molecule has 8 heteroatoms. The van der Waals surface area contributed by atoms with Gasteiger partial charge < -0.3 is 9.47 Å². The summed E-state index contributed by atoms with van der Waals surface area (Å²) < 4.78 is 12.6. The fraction of sp³-hybridized carbons (Fsp3) is 0.148. The Balaban J connectivity index is 1.63. The molecule has 4 rings (SSSR count). The van der Waals surface area contributed by atoms with Crippen LogP contribution in [0.25, 0.3) is 6.08 Å². The fourth-order valence-electron chi connectivity index (χ4n) is 3.65. The van der Waals surface area contributed by atoms with Crippen LogP contribution in [0.5, 0.6) is 11.5 Å². The van der Waals surface area contributed by atoms with Crippen LogP contribution in [0.3, 0.4) is 0 Å². The summed E-state index contributed by atoms with van der Waals surface area (Å²) in [5.41, 5.74) is 3.07. The van der Waals surface area contributed by atoms with Crippen LogP contribution in [0.4, 0.5) is 5.69 Å². The zero-order valence-electron chi connectivity index (χ0n) is 19.2. The topological polar surface area (TPSA) is 67.9 Å². The Bertz CT molecular complexity index is 1320. The second kappa shape index (κ2) is 10.8. The molecule has 0 saturated carbocycles. The van der Waals surface area contributed by atoms with E-state index >= 15 is 0 Å². The van der Waals surface area contributed by atoms with Crippen molar-refractivity contribution in [1.29, 1.82) is 0 Å². The standard InChI is InChI=1S/C27H23BrN2O4S/c1-3-33-24-15-19(9-12-23(24)34-16-18-7-5-4-6-8-18)14-21-25(31)29-27(35)30(26(21)32)22-11-10-20(28)13-17(22)2/h4-15H,3,16H2,1-2H3,(H,29,31,35)/b21-14+. The lowest BCUT2D eigenvalue weighted by Crippen LogP contribution is -2.54. The van der Waals surface area contributed by atoms with Crippen molar-refractivity contribution >= 4 is 56.8 Å². The number of aryl methyl sites for hydroxylation is 1. The van der Waals surface area contributed by atoms with Gasteiger partial charge >= 0.3 is 0 Å². The first-order chi connectivity index (χ1) is 16.9. The van der Waals surface area contributed by atoms with Crippen LogP contribution < -0.4 is 19.7 Å². The third-order valence-corrected chi connectivity index (χ3v) is 6.10. The molecule has 0 atom stereocenters. The maximum atomic E-state index is 13.4. The van der Waals surface area contributed by atoms with Crippen molar-refractivity contribution in [3.8, 4) is 11.5 Å². The second-order valence-electron chi connectivity index (χ2n) is 7.80. The van der Waals surface area contributed by atoms with E-state index in [9.17, 15) is 9.59 Å². The molecule has 1 aliphatic rings. The number of hydrogen-bond acceptors (Lipinski definition) is 5. The van der Waals surface area contributed by atoms with E-state index < -0.39 is 11.8 Å². The Kier molecular flexibility index (Phi) is 7.63. The van der Waals surface area contributed by atoms with Gasteiger partial charge in [-0.15, -0.1) is 0 Å². The number of anilines is 1. The number of carbonyl (C=O) groups excluding carboxylic acids is 2. The first kappa shape index (κ1) is 24.6. The lowest BCUT2D eigenvalue weighted by atomic mass is 10.1. The molecule has 6 nitrogen and oxygen atoms in total. The van der Waals surface area contributed by atoms with Crippen LogP contribution in [-0.4, -0.2) is 23.5 Å². The minimum absolute atomic E-state index is 0.0266. The number of nitrogens with one attached hydrogen (secondary N) is 1. The third kappa shape index (κ3) is 5.61. The van der Waals surface area contributed by atoms with E-state index in [-0.39, 0.29) is 10.7 Å². The summed E-state index contributed by atoms with van der Waals surface area (Å²) in [5.74, 6) is 0.0584. The van der Waals surface area contributed by atoms with Gasteiger partial charge in [0, 0.05) is 4.47 Å². The lowest BCUT2D eigenvalue weighted by Gasteiger charge is -2.30.